The zero-order valence-electron chi connectivity index (χ0n) is 15.1. The Morgan fingerprint density at radius 3 is 2.72 bits per heavy atom. The van der Waals surface area contributed by atoms with Crippen molar-refractivity contribution >= 4 is 11.8 Å². The smallest absolute Gasteiger partial charge is 0.234 e. The molecule has 0 unspecified atom stereocenters. The highest BCUT2D eigenvalue weighted by molar-refractivity contribution is 5.78. The lowest BCUT2D eigenvalue weighted by atomic mass is 10.2. The van der Waals surface area contributed by atoms with Crippen LogP contribution in [-0.4, -0.2) is 54.6 Å². The molecule has 7 nitrogen and oxygen atoms in total. The third-order valence-corrected chi connectivity index (χ3v) is 4.81. The first-order chi connectivity index (χ1) is 12.1. The number of nitrogens with one attached hydrogen (secondary N) is 1. The first kappa shape index (κ1) is 17.7. The molecule has 136 valence electrons. The van der Waals surface area contributed by atoms with Crippen LogP contribution >= 0.6 is 0 Å². The van der Waals surface area contributed by atoms with E-state index >= 15 is 0 Å². The van der Waals surface area contributed by atoms with E-state index in [0.29, 0.717) is 29.9 Å². The van der Waals surface area contributed by atoms with Gasteiger partial charge in [0.25, 0.3) is 0 Å². The fraction of sp³-hybridized carbons (Fsp3) is 0.722. The van der Waals surface area contributed by atoms with Crippen LogP contribution in [0.2, 0.25) is 0 Å². The number of carbonyl (C=O) groups is 1. The maximum absolute atomic E-state index is 12.1. The van der Waals surface area contributed by atoms with Crippen LogP contribution in [0.25, 0.3) is 0 Å². The molecule has 2 fully saturated rings. The third-order valence-electron chi connectivity index (χ3n) is 4.81. The zero-order chi connectivity index (χ0) is 17.8. The van der Waals surface area contributed by atoms with E-state index in [9.17, 15) is 10.1 Å². The predicted octanol–water partition coefficient (Wildman–Crippen LogP) is 1.85. The second-order valence-corrected chi connectivity index (χ2v) is 7.11. The minimum absolute atomic E-state index is 0.0859. The van der Waals surface area contributed by atoms with Gasteiger partial charge in [0.1, 0.15) is 6.07 Å². The molecule has 1 aliphatic heterocycles. The Morgan fingerprint density at radius 1 is 1.40 bits per heavy atom. The lowest BCUT2D eigenvalue weighted by Gasteiger charge is -2.34. The second-order valence-electron chi connectivity index (χ2n) is 7.11. The van der Waals surface area contributed by atoms with E-state index in [2.05, 4.69) is 33.1 Å². The Hall–Kier alpha value is -2.07. The molecule has 7 heteroatoms. The highest BCUT2D eigenvalue weighted by Gasteiger charge is 2.32. The van der Waals surface area contributed by atoms with E-state index in [1.54, 1.807) is 0 Å². The van der Waals surface area contributed by atoms with Crippen molar-refractivity contribution in [3.8, 4) is 6.07 Å². The molecule has 0 bridgehead atoms. The van der Waals surface area contributed by atoms with E-state index in [0.717, 1.165) is 51.9 Å². The van der Waals surface area contributed by atoms with Gasteiger partial charge in [0, 0.05) is 38.1 Å². The van der Waals surface area contributed by atoms with Crippen LogP contribution in [0, 0.1) is 11.3 Å². The average molecular weight is 345 g/mol. The van der Waals surface area contributed by atoms with E-state index in [1.807, 2.05) is 6.92 Å². The number of anilines is 1. The van der Waals surface area contributed by atoms with Crippen LogP contribution in [0.15, 0.2) is 4.42 Å². The van der Waals surface area contributed by atoms with E-state index in [4.69, 9.17) is 4.42 Å². The quantitative estimate of drug-likeness (QED) is 0.812. The molecular weight excluding hydrogens is 318 g/mol. The Labute approximate surface area is 149 Å². The number of piperazine rings is 1. The maximum Gasteiger partial charge on any atom is 0.234 e. The molecule has 1 aliphatic carbocycles. The summed E-state index contributed by atoms with van der Waals surface area (Å²) in [6.07, 6.45) is 4.28. The highest BCUT2D eigenvalue weighted by Crippen LogP contribution is 2.41. The molecule has 2 heterocycles. The van der Waals surface area contributed by atoms with Gasteiger partial charge in [-0.15, -0.1) is 0 Å². The summed E-state index contributed by atoms with van der Waals surface area (Å²) < 4.78 is 5.86. The van der Waals surface area contributed by atoms with Crippen LogP contribution in [0.3, 0.4) is 0 Å². The molecule has 3 rings (SSSR count). The van der Waals surface area contributed by atoms with Crippen molar-refractivity contribution in [2.24, 2.45) is 0 Å². The lowest BCUT2D eigenvalue weighted by molar-refractivity contribution is -0.123. The molecule has 0 spiro atoms. The van der Waals surface area contributed by atoms with E-state index in [-0.39, 0.29) is 11.9 Å². The Morgan fingerprint density at radius 2 is 2.12 bits per heavy atom. The fourth-order valence-corrected chi connectivity index (χ4v) is 3.26. The largest absolute Gasteiger partial charge is 0.423 e. The minimum Gasteiger partial charge on any atom is -0.423 e. The number of carbonyl (C=O) groups excluding carboxylic acids is 1. The molecule has 0 aromatic carbocycles. The summed E-state index contributed by atoms with van der Waals surface area (Å²) in [6, 6.07) is 2.38. The van der Waals surface area contributed by atoms with Crippen molar-refractivity contribution in [1.82, 2.24) is 15.2 Å². The molecule has 1 aromatic heterocycles. The number of hydrogen-bond acceptors (Lipinski definition) is 6. The van der Waals surface area contributed by atoms with E-state index < -0.39 is 0 Å². The summed E-state index contributed by atoms with van der Waals surface area (Å²) in [5.74, 6) is 1.79. The van der Waals surface area contributed by atoms with Gasteiger partial charge in [0.05, 0.1) is 6.54 Å². The van der Waals surface area contributed by atoms with Gasteiger partial charge in [-0.25, -0.2) is 4.98 Å². The van der Waals surface area contributed by atoms with Crippen LogP contribution in [0.4, 0.5) is 5.88 Å². The molecule has 1 aromatic rings. The highest BCUT2D eigenvalue weighted by atomic mass is 16.4. The van der Waals surface area contributed by atoms with Gasteiger partial charge in [0.2, 0.25) is 23.4 Å². The van der Waals surface area contributed by atoms with Gasteiger partial charge < -0.3 is 14.6 Å². The number of nitriles is 1. The maximum atomic E-state index is 12.1. The molecule has 25 heavy (non-hydrogen) atoms. The van der Waals surface area contributed by atoms with Crippen LogP contribution in [0.1, 0.15) is 57.0 Å². The molecule has 1 atom stereocenters. The summed E-state index contributed by atoms with van der Waals surface area (Å²) in [7, 11) is 0. The molecule has 2 aliphatic rings. The van der Waals surface area contributed by atoms with Gasteiger partial charge in [-0.3, -0.25) is 9.69 Å². The summed E-state index contributed by atoms with van der Waals surface area (Å²) in [5, 5.41) is 12.3. The molecular formula is C18H27N5O2. The Balaban J connectivity index is 1.50. The van der Waals surface area contributed by atoms with E-state index in [1.165, 1.54) is 0 Å². The number of nitrogens with zero attached hydrogens (tertiary/aromatic N) is 4. The van der Waals surface area contributed by atoms with Crippen LogP contribution in [0.5, 0.6) is 0 Å². The Kier molecular flexibility index (Phi) is 5.59. The first-order valence-corrected chi connectivity index (χ1v) is 9.28. The van der Waals surface area contributed by atoms with Crippen molar-refractivity contribution in [2.45, 2.75) is 51.5 Å². The number of rotatable bonds is 7. The second kappa shape index (κ2) is 7.87. The molecule has 1 amide bonds. The minimum atomic E-state index is 0.0859. The third kappa shape index (κ3) is 4.51. The predicted molar refractivity (Wildman–Crippen MR) is 94.4 cm³/mol. The summed E-state index contributed by atoms with van der Waals surface area (Å²) >= 11 is 0. The summed E-state index contributed by atoms with van der Waals surface area (Å²) in [5.41, 5.74) is 0.390. The molecule has 1 N–H and O–H groups in total. The van der Waals surface area contributed by atoms with Gasteiger partial charge >= 0.3 is 0 Å². The van der Waals surface area contributed by atoms with Gasteiger partial charge in [0.15, 0.2) is 0 Å². The average Bonchev–Trinajstić information content (AvgIpc) is 3.35. The number of oxazole rings is 1. The normalized spacial score (nSPS) is 19.5. The van der Waals surface area contributed by atoms with Crippen molar-refractivity contribution in [1.29, 1.82) is 5.26 Å². The van der Waals surface area contributed by atoms with Gasteiger partial charge in [-0.05, 0) is 26.2 Å². The molecule has 1 saturated carbocycles. The number of aromatic nitrogens is 1. The van der Waals surface area contributed by atoms with Crippen LogP contribution in [-0.2, 0) is 4.79 Å². The SMILES string of the molecule is CCC[C@@H](C)NC(=O)CN1CCN(c2oc(C3CC3)nc2C#N)CC1. The van der Waals surface area contributed by atoms with Gasteiger partial charge in [-0.2, -0.15) is 5.26 Å². The first-order valence-electron chi connectivity index (χ1n) is 9.28. The summed E-state index contributed by atoms with van der Waals surface area (Å²) in [6.45, 7) is 7.63. The van der Waals surface area contributed by atoms with Crippen molar-refractivity contribution in [2.75, 3.05) is 37.6 Å². The number of hydrogen-bond donors (Lipinski definition) is 1. The fourth-order valence-electron chi connectivity index (χ4n) is 3.26. The standard InChI is InChI=1S/C18H27N5O2/c1-3-4-13(2)20-16(24)12-22-7-9-23(10-8-22)18-15(11-19)21-17(25-18)14-5-6-14/h13-14H,3-10,12H2,1-2H3,(H,20,24)/t13-/m1/s1. The van der Waals surface area contributed by atoms with Crippen molar-refractivity contribution in [3.05, 3.63) is 11.6 Å². The van der Waals surface area contributed by atoms with Crippen molar-refractivity contribution in [3.63, 3.8) is 0 Å². The van der Waals surface area contributed by atoms with Gasteiger partial charge in [-0.1, -0.05) is 13.3 Å². The molecule has 1 saturated heterocycles. The monoisotopic (exact) mass is 345 g/mol. The Bertz CT molecular complexity index is 638. The molecule has 0 radical (unpaired) electrons. The topological polar surface area (TPSA) is 85.4 Å². The zero-order valence-corrected chi connectivity index (χ0v) is 15.1. The van der Waals surface area contributed by atoms with Crippen LogP contribution < -0.4 is 10.2 Å². The number of amides is 1. The van der Waals surface area contributed by atoms with Crippen molar-refractivity contribution < 1.29 is 9.21 Å². The lowest BCUT2D eigenvalue weighted by Crippen LogP contribution is -2.50. The summed E-state index contributed by atoms with van der Waals surface area (Å²) in [4.78, 5) is 20.7.